The van der Waals surface area contributed by atoms with Gasteiger partial charge in [0.1, 0.15) is 11.9 Å². The van der Waals surface area contributed by atoms with Crippen molar-refractivity contribution < 1.29 is 13.9 Å². The Kier molecular flexibility index (Phi) is 3.58. The van der Waals surface area contributed by atoms with E-state index < -0.39 is 6.10 Å². The van der Waals surface area contributed by atoms with Crippen molar-refractivity contribution in [2.75, 3.05) is 19.7 Å². The Labute approximate surface area is 94.1 Å². The first-order valence-electron chi connectivity index (χ1n) is 5.43. The van der Waals surface area contributed by atoms with Crippen molar-refractivity contribution in [3.8, 4) is 0 Å². The first-order valence-corrected chi connectivity index (χ1v) is 5.43. The summed E-state index contributed by atoms with van der Waals surface area (Å²) < 4.78 is 10.6. The zero-order chi connectivity index (χ0) is 11.4. The molecule has 0 bridgehead atoms. The predicted molar refractivity (Wildman–Crippen MR) is 57.9 cm³/mol. The average Bonchev–Trinajstić information content (AvgIpc) is 2.83. The fraction of sp³-hybridized carbons (Fsp3) is 0.545. The van der Waals surface area contributed by atoms with E-state index in [9.17, 15) is 4.79 Å². The molecule has 2 heterocycles. The number of rotatable bonds is 3. The minimum Gasteiger partial charge on any atom is -0.467 e. The molecule has 0 saturated carbocycles. The van der Waals surface area contributed by atoms with E-state index in [-0.39, 0.29) is 11.9 Å². The van der Waals surface area contributed by atoms with E-state index in [0.29, 0.717) is 13.2 Å². The van der Waals surface area contributed by atoms with E-state index in [0.717, 1.165) is 12.3 Å². The largest absolute Gasteiger partial charge is 0.467 e. The second-order valence-corrected chi connectivity index (χ2v) is 3.81. The van der Waals surface area contributed by atoms with Crippen LogP contribution in [0.2, 0.25) is 0 Å². The van der Waals surface area contributed by atoms with Crippen LogP contribution in [0.5, 0.6) is 0 Å². The molecule has 5 nitrogen and oxygen atoms in total. The highest BCUT2D eigenvalue weighted by Gasteiger charge is 2.23. The van der Waals surface area contributed by atoms with E-state index >= 15 is 0 Å². The van der Waals surface area contributed by atoms with Gasteiger partial charge in [0.2, 0.25) is 0 Å². The molecule has 2 rings (SSSR count). The number of ether oxygens (including phenoxy) is 1. The molecule has 2 N–H and O–H groups in total. The van der Waals surface area contributed by atoms with Gasteiger partial charge in [-0.2, -0.15) is 0 Å². The smallest absolute Gasteiger partial charge is 0.251 e. The molecule has 1 aromatic heterocycles. The lowest BCUT2D eigenvalue weighted by Gasteiger charge is -2.24. The Bertz CT molecular complexity index is 331. The second-order valence-electron chi connectivity index (χ2n) is 3.81. The molecular formula is C11H16N2O3. The molecule has 5 heteroatoms. The maximum Gasteiger partial charge on any atom is 0.251 e. The number of amides is 1. The molecule has 16 heavy (non-hydrogen) atoms. The Morgan fingerprint density at radius 1 is 1.69 bits per heavy atom. The van der Waals surface area contributed by atoms with Crippen LogP contribution in [0.15, 0.2) is 22.8 Å². The van der Waals surface area contributed by atoms with Gasteiger partial charge in [-0.15, -0.1) is 0 Å². The van der Waals surface area contributed by atoms with Gasteiger partial charge >= 0.3 is 0 Å². The summed E-state index contributed by atoms with van der Waals surface area (Å²) in [4.78, 5) is 11.8. The molecule has 1 amide bonds. The van der Waals surface area contributed by atoms with Gasteiger partial charge < -0.3 is 19.8 Å². The van der Waals surface area contributed by atoms with Crippen LogP contribution in [0.3, 0.4) is 0 Å². The Morgan fingerprint density at radius 3 is 3.19 bits per heavy atom. The van der Waals surface area contributed by atoms with Crippen molar-refractivity contribution in [3.05, 3.63) is 24.2 Å². The summed E-state index contributed by atoms with van der Waals surface area (Å²) >= 11 is 0. The fourth-order valence-corrected chi connectivity index (χ4v) is 1.65. The van der Waals surface area contributed by atoms with Gasteiger partial charge in [0.25, 0.3) is 5.91 Å². The summed E-state index contributed by atoms with van der Waals surface area (Å²) in [6.07, 6.45) is 1.20. The summed E-state index contributed by atoms with van der Waals surface area (Å²) in [6.45, 7) is 3.83. The van der Waals surface area contributed by atoms with E-state index in [4.69, 9.17) is 9.15 Å². The third-order valence-corrected chi connectivity index (χ3v) is 2.55. The van der Waals surface area contributed by atoms with Crippen LogP contribution in [0.1, 0.15) is 18.7 Å². The Morgan fingerprint density at radius 2 is 2.56 bits per heavy atom. The maximum atomic E-state index is 11.8. The Balaban J connectivity index is 1.86. The second kappa shape index (κ2) is 5.14. The maximum absolute atomic E-state index is 11.8. The van der Waals surface area contributed by atoms with Gasteiger partial charge in [0, 0.05) is 13.1 Å². The van der Waals surface area contributed by atoms with Gasteiger partial charge in [-0.3, -0.25) is 4.79 Å². The average molecular weight is 224 g/mol. The van der Waals surface area contributed by atoms with Crippen molar-refractivity contribution >= 4 is 5.91 Å². The molecule has 0 spiro atoms. The quantitative estimate of drug-likeness (QED) is 0.782. The van der Waals surface area contributed by atoms with Crippen molar-refractivity contribution in [1.82, 2.24) is 10.6 Å². The van der Waals surface area contributed by atoms with Crippen LogP contribution in [0.4, 0.5) is 0 Å². The number of nitrogens with one attached hydrogen (secondary N) is 2. The topological polar surface area (TPSA) is 63.5 Å². The van der Waals surface area contributed by atoms with Gasteiger partial charge in [0.15, 0.2) is 0 Å². The zero-order valence-electron chi connectivity index (χ0n) is 9.23. The van der Waals surface area contributed by atoms with Gasteiger partial charge in [-0.25, -0.2) is 0 Å². The van der Waals surface area contributed by atoms with Crippen LogP contribution in [-0.2, 0) is 9.53 Å². The number of morpholine rings is 1. The molecule has 1 fully saturated rings. The molecule has 1 saturated heterocycles. The van der Waals surface area contributed by atoms with Crippen LogP contribution in [0, 0.1) is 0 Å². The fourth-order valence-electron chi connectivity index (χ4n) is 1.65. The Hall–Kier alpha value is -1.33. The molecule has 1 aliphatic rings. The monoisotopic (exact) mass is 224 g/mol. The van der Waals surface area contributed by atoms with E-state index in [2.05, 4.69) is 10.6 Å². The van der Waals surface area contributed by atoms with E-state index in [1.54, 1.807) is 12.3 Å². The molecule has 2 unspecified atom stereocenters. The minimum atomic E-state index is -0.397. The molecule has 88 valence electrons. The lowest BCUT2D eigenvalue weighted by molar-refractivity contribution is -0.135. The standard InChI is InChI=1S/C11H16N2O3/c1-8(9-3-2-5-15-9)13-11(14)10-7-12-4-6-16-10/h2-3,5,8,10,12H,4,6-7H2,1H3,(H,13,14). The number of carbonyl (C=O) groups is 1. The summed E-state index contributed by atoms with van der Waals surface area (Å²) in [5.74, 6) is 0.646. The normalized spacial score (nSPS) is 22.7. The highest BCUT2D eigenvalue weighted by atomic mass is 16.5. The lowest BCUT2D eigenvalue weighted by atomic mass is 10.2. The summed E-state index contributed by atoms with van der Waals surface area (Å²) in [7, 11) is 0. The number of hydrogen-bond donors (Lipinski definition) is 2. The molecule has 0 radical (unpaired) electrons. The highest BCUT2D eigenvalue weighted by molar-refractivity contribution is 5.81. The predicted octanol–water partition coefficient (Wildman–Crippen LogP) is 0.445. The SMILES string of the molecule is CC(NC(=O)C1CNCCO1)c1ccco1. The van der Waals surface area contributed by atoms with Crippen LogP contribution < -0.4 is 10.6 Å². The molecule has 2 atom stereocenters. The van der Waals surface area contributed by atoms with Gasteiger partial charge in [-0.1, -0.05) is 0 Å². The van der Waals surface area contributed by atoms with Gasteiger partial charge in [-0.05, 0) is 19.1 Å². The third kappa shape index (κ3) is 2.62. The lowest BCUT2D eigenvalue weighted by Crippen LogP contribution is -2.48. The summed E-state index contributed by atoms with van der Waals surface area (Å²) in [6, 6.07) is 3.51. The highest BCUT2D eigenvalue weighted by Crippen LogP contribution is 2.12. The number of hydrogen-bond acceptors (Lipinski definition) is 4. The van der Waals surface area contributed by atoms with Crippen molar-refractivity contribution in [2.24, 2.45) is 0 Å². The minimum absolute atomic E-state index is 0.101. The zero-order valence-corrected chi connectivity index (χ0v) is 9.23. The van der Waals surface area contributed by atoms with Crippen LogP contribution in [0.25, 0.3) is 0 Å². The summed E-state index contributed by atoms with van der Waals surface area (Å²) in [5, 5.41) is 5.97. The van der Waals surface area contributed by atoms with Crippen LogP contribution >= 0.6 is 0 Å². The van der Waals surface area contributed by atoms with Crippen LogP contribution in [-0.4, -0.2) is 31.7 Å². The van der Waals surface area contributed by atoms with Crippen molar-refractivity contribution in [1.29, 1.82) is 0 Å². The molecular weight excluding hydrogens is 208 g/mol. The van der Waals surface area contributed by atoms with Gasteiger partial charge in [0.05, 0.1) is 18.9 Å². The first-order chi connectivity index (χ1) is 7.77. The molecule has 1 aromatic rings. The van der Waals surface area contributed by atoms with Crippen molar-refractivity contribution in [2.45, 2.75) is 19.1 Å². The molecule has 0 aromatic carbocycles. The molecule has 1 aliphatic heterocycles. The number of carbonyl (C=O) groups excluding carboxylic acids is 1. The summed E-state index contributed by atoms with van der Waals surface area (Å²) in [5.41, 5.74) is 0. The molecule has 0 aliphatic carbocycles. The first kappa shape index (κ1) is 11.2. The van der Waals surface area contributed by atoms with E-state index in [1.807, 2.05) is 13.0 Å². The van der Waals surface area contributed by atoms with E-state index in [1.165, 1.54) is 0 Å². The van der Waals surface area contributed by atoms with Crippen molar-refractivity contribution in [3.63, 3.8) is 0 Å². The third-order valence-electron chi connectivity index (χ3n) is 2.55. The number of furan rings is 1.